The molecule has 0 aliphatic heterocycles. The van der Waals surface area contributed by atoms with E-state index in [4.69, 9.17) is 0 Å². The second-order valence-corrected chi connectivity index (χ2v) is 5.41. The highest BCUT2D eigenvalue weighted by molar-refractivity contribution is 4.57. The summed E-state index contributed by atoms with van der Waals surface area (Å²) in [4.78, 5) is 4.68. The Kier molecular flexibility index (Phi) is 9.99. The third-order valence-corrected chi connectivity index (χ3v) is 2.59. The van der Waals surface area contributed by atoms with Crippen LogP contribution in [0, 0.1) is 5.92 Å². The van der Waals surface area contributed by atoms with Gasteiger partial charge in [-0.3, -0.25) is 0 Å². The molecule has 3 heteroatoms. The molecule has 0 aromatic carbocycles. The molecule has 0 aliphatic rings. The van der Waals surface area contributed by atoms with Gasteiger partial charge in [0.1, 0.15) is 0 Å². The van der Waals surface area contributed by atoms with E-state index in [1.54, 1.807) is 0 Å². The zero-order valence-electron chi connectivity index (χ0n) is 11.9. The summed E-state index contributed by atoms with van der Waals surface area (Å²) in [5, 5.41) is 3.48. The SMILES string of the molecule is CC(C)CNCCCN(C)CCCN(C)C. The smallest absolute Gasteiger partial charge is 0.000959 e. The zero-order valence-corrected chi connectivity index (χ0v) is 11.9. The van der Waals surface area contributed by atoms with Crippen LogP contribution in [0.15, 0.2) is 0 Å². The van der Waals surface area contributed by atoms with Crippen LogP contribution in [0.2, 0.25) is 0 Å². The van der Waals surface area contributed by atoms with Crippen molar-refractivity contribution < 1.29 is 0 Å². The largest absolute Gasteiger partial charge is 0.316 e. The monoisotopic (exact) mass is 229 g/mol. The first-order chi connectivity index (χ1) is 7.52. The first kappa shape index (κ1) is 15.9. The first-order valence-corrected chi connectivity index (χ1v) is 6.56. The average Bonchev–Trinajstić information content (AvgIpc) is 2.16. The van der Waals surface area contributed by atoms with E-state index >= 15 is 0 Å². The summed E-state index contributed by atoms with van der Waals surface area (Å²) in [6.07, 6.45) is 2.52. The van der Waals surface area contributed by atoms with E-state index in [1.165, 1.54) is 32.5 Å². The van der Waals surface area contributed by atoms with Crippen LogP contribution in [0.4, 0.5) is 0 Å². The summed E-state index contributed by atoms with van der Waals surface area (Å²) in [6.45, 7) is 10.4. The minimum Gasteiger partial charge on any atom is -0.316 e. The van der Waals surface area contributed by atoms with Crippen molar-refractivity contribution in [1.82, 2.24) is 15.1 Å². The molecule has 3 nitrogen and oxygen atoms in total. The lowest BCUT2D eigenvalue weighted by atomic mass is 10.2. The van der Waals surface area contributed by atoms with Gasteiger partial charge < -0.3 is 15.1 Å². The highest BCUT2D eigenvalue weighted by Crippen LogP contribution is 1.92. The number of rotatable bonds is 10. The summed E-state index contributed by atoms with van der Waals surface area (Å²) >= 11 is 0. The second-order valence-electron chi connectivity index (χ2n) is 5.41. The lowest BCUT2D eigenvalue weighted by Gasteiger charge is -2.18. The molecule has 0 heterocycles. The van der Waals surface area contributed by atoms with Gasteiger partial charge in [-0.15, -0.1) is 0 Å². The maximum absolute atomic E-state index is 3.48. The molecular formula is C13H31N3. The van der Waals surface area contributed by atoms with Gasteiger partial charge >= 0.3 is 0 Å². The van der Waals surface area contributed by atoms with Gasteiger partial charge in [-0.05, 0) is 72.6 Å². The van der Waals surface area contributed by atoms with E-state index in [1.807, 2.05) is 0 Å². The molecule has 0 unspecified atom stereocenters. The zero-order chi connectivity index (χ0) is 12.4. The van der Waals surface area contributed by atoms with Crippen molar-refractivity contribution in [1.29, 1.82) is 0 Å². The minimum atomic E-state index is 0.762. The Morgan fingerprint density at radius 3 is 2.12 bits per heavy atom. The molecule has 16 heavy (non-hydrogen) atoms. The molecule has 0 radical (unpaired) electrons. The lowest BCUT2D eigenvalue weighted by molar-refractivity contribution is 0.295. The molecular weight excluding hydrogens is 198 g/mol. The molecule has 0 saturated heterocycles. The topological polar surface area (TPSA) is 18.5 Å². The van der Waals surface area contributed by atoms with Gasteiger partial charge in [0.2, 0.25) is 0 Å². The van der Waals surface area contributed by atoms with Crippen molar-refractivity contribution in [3.63, 3.8) is 0 Å². The minimum absolute atomic E-state index is 0.762. The predicted octanol–water partition coefficient (Wildman–Crippen LogP) is 1.51. The fraction of sp³-hybridized carbons (Fsp3) is 1.00. The fourth-order valence-electron chi connectivity index (χ4n) is 1.63. The molecule has 0 aliphatic carbocycles. The quantitative estimate of drug-likeness (QED) is 0.573. The van der Waals surface area contributed by atoms with Crippen molar-refractivity contribution in [2.75, 3.05) is 53.9 Å². The molecule has 0 aromatic heterocycles. The molecule has 0 bridgehead atoms. The molecule has 98 valence electrons. The van der Waals surface area contributed by atoms with Gasteiger partial charge in [0.15, 0.2) is 0 Å². The van der Waals surface area contributed by atoms with Crippen molar-refractivity contribution in [3.05, 3.63) is 0 Å². The van der Waals surface area contributed by atoms with Gasteiger partial charge in [-0.25, -0.2) is 0 Å². The average molecular weight is 229 g/mol. The van der Waals surface area contributed by atoms with Gasteiger partial charge in [-0.1, -0.05) is 13.8 Å². The Bertz CT molecular complexity index is 146. The van der Waals surface area contributed by atoms with Gasteiger partial charge in [0.25, 0.3) is 0 Å². The summed E-state index contributed by atoms with van der Waals surface area (Å²) < 4.78 is 0. The highest BCUT2D eigenvalue weighted by atomic mass is 15.1. The van der Waals surface area contributed by atoms with Crippen molar-refractivity contribution in [2.24, 2.45) is 5.92 Å². The van der Waals surface area contributed by atoms with Crippen LogP contribution >= 0.6 is 0 Å². The van der Waals surface area contributed by atoms with Gasteiger partial charge in [0, 0.05) is 0 Å². The molecule has 0 amide bonds. The maximum Gasteiger partial charge on any atom is -0.000959 e. The van der Waals surface area contributed by atoms with Crippen LogP contribution in [0.25, 0.3) is 0 Å². The van der Waals surface area contributed by atoms with E-state index < -0.39 is 0 Å². The number of hydrogen-bond acceptors (Lipinski definition) is 3. The van der Waals surface area contributed by atoms with Crippen molar-refractivity contribution >= 4 is 0 Å². The molecule has 0 atom stereocenters. The van der Waals surface area contributed by atoms with E-state index in [0.717, 1.165) is 19.0 Å². The summed E-state index contributed by atoms with van der Waals surface area (Å²) in [7, 11) is 6.49. The summed E-state index contributed by atoms with van der Waals surface area (Å²) in [5.41, 5.74) is 0. The normalized spacial score (nSPS) is 12.0. The number of hydrogen-bond donors (Lipinski definition) is 1. The van der Waals surface area contributed by atoms with Crippen molar-refractivity contribution in [3.8, 4) is 0 Å². The van der Waals surface area contributed by atoms with E-state index in [0.29, 0.717) is 0 Å². The Hall–Kier alpha value is -0.120. The fourth-order valence-corrected chi connectivity index (χ4v) is 1.63. The molecule has 0 spiro atoms. The van der Waals surface area contributed by atoms with Crippen LogP contribution in [0.1, 0.15) is 26.7 Å². The molecule has 0 saturated carbocycles. The lowest BCUT2D eigenvalue weighted by Crippen LogP contribution is -2.28. The Morgan fingerprint density at radius 1 is 0.938 bits per heavy atom. The Labute approximate surface area is 102 Å². The first-order valence-electron chi connectivity index (χ1n) is 6.56. The van der Waals surface area contributed by atoms with Crippen LogP contribution in [0.3, 0.4) is 0 Å². The van der Waals surface area contributed by atoms with Gasteiger partial charge in [0.05, 0.1) is 0 Å². The third kappa shape index (κ3) is 12.0. The molecule has 0 aromatic rings. The Morgan fingerprint density at radius 2 is 1.56 bits per heavy atom. The van der Waals surface area contributed by atoms with Crippen LogP contribution in [-0.2, 0) is 0 Å². The Balaban J connectivity index is 3.20. The standard InChI is InChI=1S/C13H31N3/c1-13(2)12-14-8-6-10-16(5)11-7-9-15(3)4/h13-14H,6-12H2,1-5H3. The van der Waals surface area contributed by atoms with E-state index in [-0.39, 0.29) is 0 Å². The molecule has 0 fully saturated rings. The molecule has 0 rings (SSSR count). The van der Waals surface area contributed by atoms with Crippen LogP contribution in [0.5, 0.6) is 0 Å². The summed E-state index contributed by atoms with van der Waals surface area (Å²) in [6, 6.07) is 0. The van der Waals surface area contributed by atoms with E-state index in [9.17, 15) is 0 Å². The predicted molar refractivity (Wildman–Crippen MR) is 73.0 cm³/mol. The third-order valence-electron chi connectivity index (χ3n) is 2.59. The van der Waals surface area contributed by atoms with Gasteiger partial charge in [-0.2, -0.15) is 0 Å². The number of nitrogens with zero attached hydrogens (tertiary/aromatic N) is 2. The molecule has 1 N–H and O–H groups in total. The number of nitrogens with one attached hydrogen (secondary N) is 1. The van der Waals surface area contributed by atoms with Crippen molar-refractivity contribution in [2.45, 2.75) is 26.7 Å². The van der Waals surface area contributed by atoms with E-state index in [2.05, 4.69) is 50.1 Å². The maximum atomic E-state index is 3.48. The van der Waals surface area contributed by atoms with Crippen LogP contribution in [-0.4, -0.2) is 63.7 Å². The van der Waals surface area contributed by atoms with Crippen LogP contribution < -0.4 is 5.32 Å². The second kappa shape index (κ2) is 10.1. The summed E-state index contributed by atoms with van der Waals surface area (Å²) in [5.74, 6) is 0.762. The highest BCUT2D eigenvalue weighted by Gasteiger charge is 1.99.